The predicted molar refractivity (Wildman–Crippen MR) is 99.6 cm³/mol. The fourth-order valence-electron chi connectivity index (χ4n) is 3.16. The number of aliphatic carboxylic acids is 1. The minimum Gasteiger partial charge on any atom is -0.480 e. The van der Waals surface area contributed by atoms with E-state index >= 15 is 0 Å². The van der Waals surface area contributed by atoms with Gasteiger partial charge in [0.2, 0.25) is 5.91 Å². The number of carbonyl (C=O) groups is 4. The lowest BCUT2D eigenvalue weighted by atomic mass is 9.71. The molecule has 1 aliphatic heterocycles. The summed E-state index contributed by atoms with van der Waals surface area (Å²) in [4.78, 5) is 47.5. The Labute approximate surface area is 179 Å². The van der Waals surface area contributed by atoms with Crippen molar-refractivity contribution in [2.75, 3.05) is 11.9 Å². The van der Waals surface area contributed by atoms with Crippen molar-refractivity contribution >= 4 is 29.9 Å². The van der Waals surface area contributed by atoms with Crippen LogP contribution in [0.25, 0.3) is 0 Å². The number of piperidine rings is 1. The summed E-state index contributed by atoms with van der Waals surface area (Å²) in [6, 6.07) is 2.34. The number of hydrogen-bond donors (Lipinski definition) is 3. The summed E-state index contributed by atoms with van der Waals surface area (Å²) in [6.07, 6.45) is -9.76. The predicted octanol–water partition coefficient (Wildman–Crippen LogP) is 2.53. The number of carboxylic acid groups (broad SMARTS) is 2. The lowest BCUT2D eigenvalue weighted by Gasteiger charge is -2.41. The molecule has 11 nitrogen and oxygen atoms in total. The third kappa shape index (κ3) is 5.62. The topological polar surface area (TPSA) is 159 Å². The van der Waals surface area contributed by atoms with Gasteiger partial charge in [-0.3, -0.25) is 14.9 Å². The first-order valence-corrected chi connectivity index (χ1v) is 9.23. The highest BCUT2D eigenvalue weighted by Gasteiger charge is 2.60. The van der Waals surface area contributed by atoms with E-state index in [1.807, 2.05) is 0 Å². The molecule has 0 aliphatic carbocycles. The number of ether oxygens (including phenoxy) is 1. The van der Waals surface area contributed by atoms with Gasteiger partial charge >= 0.3 is 24.3 Å². The molecular weight excluding hydrogens is 441 g/mol. The Morgan fingerprint density at radius 2 is 1.84 bits per heavy atom. The van der Waals surface area contributed by atoms with Gasteiger partial charge in [0, 0.05) is 13.0 Å². The molecule has 1 unspecified atom stereocenters. The monoisotopic (exact) mass is 462 g/mol. The maximum Gasteiger partial charge on any atom is 0.414 e. The number of imide groups is 1. The van der Waals surface area contributed by atoms with Gasteiger partial charge < -0.3 is 14.9 Å². The summed E-state index contributed by atoms with van der Waals surface area (Å²) in [5, 5.41) is 28.4. The van der Waals surface area contributed by atoms with Gasteiger partial charge in [0.05, 0.1) is 11.6 Å². The molecule has 0 bridgehead atoms. The Kier molecular flexibility index (Phi) is 6.66. The fraction of sp³-hybridized carbons (Fsp3) is 0.556. The van der Waals surface area contributed by atoms with E-state index in [0.29, 0.717) is 0 Å². The zero-order valence-corrected chi connectivity index (χ0v) is 17.3. The first-order valence-electron chi connectivity index (χ1n) is 9.23. The molecule has 3 N–H and O–H groups in total. The average Bonchev–Trinajstić information content (AvgIpc) is 2.62. The van der Waals surface area contributed by atoms with Crippen LogP contribution in [-0.4, -0.2) is 67.7 Å². The zero-order valence-electron chi connectivity index (χ0n) is 17.3. The number of amides is 3. The number of anilines is 1. The molecule has 0 radical (unpaired) electrons. The lowest BCUT2D eigenvalue weighted by Crippen LogP contribution is -2.60. The van der Waals surface area contributed by atoms with Gasteiger partial charge in [-0.05, 0) is 39.3 Å². The molecule has 176 valence electrons. The van der Waals surface area contributed by atoms with Gasteiger partial charge in [-0.1, -0.05) is 0 Å². The van der Waals surface area contributed by atoms with Crippen molar-refractivity contribution in [3.63, 3.8) is 0 Å². The standard InChI is InChI=1S/C18H21F3N4O7/c1-16(2,3)32-14(29)22-11-5-4-10(23-24-11)7-17(13(27)28)6-9(18(19,20)21)8-25(12(17)26)15(30)31/h4-5,9H,6-8H2,1-3H3,(H,27,28)(H,30,31)(H,22,24,29)/t9-,17?/m0/s1. The molecule has 2 heterocycles. The normalized spacial score (nSPS) is 21.8. The number of alkyl halides is 3. The Hall–Kier alpha value is -3.45. The van der Waals surface area contributed by atoms with Crippen LogP contribution in [0.3, 0.4) is 0 Å². The smallest absolute Gasteiger partial charge is 0.414 e. The molecule has 1 aromatic heterocycles. The van der Waals surface area contributed by atoms with E-state index < -0.39 is 66.6 Å². The first-order chi connectivity index (χ1) is 14.5. The Morgan fingerprint density at radius 1 is 1.22 bits per heavy atom. The minimum absolute atomic E-state index is 0.0947. The minimum atomic E-state index is -4.93. The molecule has 0 aromatic carbocycles. The van der Waals surface area contributed by atoms with Crippen LogP contribution in [0.5, 0.6) is 0 Å². The van der Waals surface area contributed by atoms with Gasteiger partial charge in [0.15, 0.2) is 11.2 Å². The third-order valence-electron chi connectivity index (χ3n) is 4.59. The number of carbonyl (C=O) groups excluding carboxylic acids is 2. The molecule has 1 fully saturated rings. The molecule has 1 saturated heterocycles. The Morgan fingerprint density at radius 3 is 2.28 bits per heavy atom. The molecular formula is C18H21F3N4O7. The van der Waals surface area contributed by atoms with Crippen LogP contribution in [0.1, 0.15) is 32.9 Å². The first kappa shape index (κ1) is 24.8. The number of rotatable bonds is 4. The Balaban J connectivity index is 2.31. The zero-order chi connectivity index (χ0) is 24.5. The number of aromatic nitrogens is 2. The van der Waals surface area contributed by atoms with Crippen molar-refractivity contribution in [2.45, 2.75) is 45.4 Å². The summed E-state index contributed by atoms with van der Waals surface area (Å²) < 4.78 is 45.0. The quantitative estimate of drug-likeness (QED) is 0.572. The van der Waals surface area contributed by atoms with Gasteiger partial charge in [-0.25, -0.2) is 14.5 Å². The molecule has 3 amide bonds. The van der Waals surface area contributed by atoms with Gasteiger partial charge in [-0.15, -0.1) is 5.10 Å². The third-order valence-corrected chi connectivity index (χ3v) is 4.59. The summed E-state index contributed by atoms with van der Waals surface area (Å²) in [6.45, 7) is 3.69. The number of carboxylic acids is 1. The van der Waals surface area contributed by atoms with Crippen molar-refractivity contribution in [3.8, 4) is 0 Å². The van der Waals surface area contributed by atoms with Crippen LogP contribution in [-0.2, 0) is 20.7 Å². The second kappa shape index (κ2) is 8.59. The number of hydrogen-bond acceptors (Lipinski definition) is 7. The summed E-state index contributed by atoms with van der Waals surface area (Å²) >= 11 is 0. The molecule has 14 heteroatoms. The largest absolute Gasteiger partial charge is 0.480 e. The van der Waals surface area contributed by atoms with E-state index in [9.17, 15) is 37.5 Å². The maximum atomic E-state index is 13.3. The lowest BCUT2D eigenvalue weighted by molar-refractivity contribution is -0.203. The SMILES string of the molecule is CC(C)(C)OC(=O)Nc1ccc(CC2(C(=O)O)C[C@H](C(F)(F)F)CN(C(=O)O)C2=O)nn1. The maximum absolute atomic E-state index is 13.3. The number of halogens is 3. The second-order valence-electron chi connectivity index (χ2n) is 8.24. The van der Waals surface area contributed by atoms with E-state index in [1.54, 1.807) is 20.8 Å². The molecule has 32 heavy (non-hydrogen) atoms. The van der Waals surface area contributed by atoms with Crippen molar-refractivity contribution in [1.82, 2.24) is 15.1 Å². The van der Waals surface area contributed by atoms with Crippen molar-refractivity contribution in [3.05, 3.63) is 17.8 Å². The van der Waals surface area contributed by atoms with Crippen LogP contribution in [0.15, 0.2) is 12.1 Å². The van der Waals surface area contributed by atoms with Crippen LogP contribution >= 0.6 is 0 Å². The van der Waals surface area contributed by atoms with Crippen LogP contribution in [0.2, 0.25) is 0 Å². The molecule has 1 aliphatic rings. The fourth-order valence-corrected chi connectivity index (χ4v) is 3.16. The highest BCUT2D eigenvalue weighted by molar-refractivity contribution is 6.07. The number of likely N-dealkylation sites (tertiary alicyclic amines) is 1. The van der Waals surface area contributed by atoms with Gasteiger partial charge in [-0.2, -0.15) is 18.3 Å². The highest BCUT2D eigenvalue weighted by Crippen LogP contribution is 2.44. The van der Waals surface area contributed by atoms with Crippen LogP contribution in [0.4, 0.5) is 28.6 Å². The second-order valence-corrected chi connectivity index (χ2v) is 8.24. The Bertz CT molecular complexity index is 915. The van der Waals surface area contributed by atoms with Crippen LogP contribution in [0, 0.1) is 11.3 Å². The van der Waals surface area contributed by atoms with E-state index in [0.717, 1.165) is 6.07 Å². The van der Waals surface area contributed by atoms with E-state index in [1.165, 1.54) is 6.07 Å². The molecule has 0 spiro atoms. The summed E-state index contributed by atoms with van der Waals surface area (Å²) in [7, 11) is 0. The summed E-state index contributed by atoms with van der Waals surface area (Å²) in [5.74, 6) is -5.87. The average molecular weight is 462 g/mol. The van der Waals surface area contributed by atoms with Gasteiger partial charge in [0.25, 0.3) is 0 Å². The van der Waals surface area contributed by atoms with E-state index in [-0.39, 0.29) is 16.4 Å². The van der Waals surface area contributed by atoms with E-state index in [2.05, 4.69) is 15.5 Å². The van der Waals surface area contributed by atoms with Crippen molar-refractivity contribution in [1.29, 1.82) is 0 Å². The molecule has 1 aromatic rings. The molecule has 2 atom stereocenters. The van der Waals surface area contributed by atoms with E-state index in [4.69, 9.17) is 9.84 Å². The summed E-state index contributed by atoms with van der Waals surface area (Å²) in [5.41, 5.74) is -3.70. The molecule has 2 rings (SSSR count). The van der Waals surface area contributed by atoms with Crippen LogP contribution < -0.4 is 5.32 Å². The highest BCUT2D eigenvalue weighted by atomic mass is 19.4. The van der Waals surface area contributed by atoms with Gasteiger partial charge in [0.1, 0.15) is 5.60 Å². The van der Waals surface area contributed by atoms with Crippen molar-refractivity contribution in [2.24, 2.45) is 11.3 Å². The van der Waals surface area contributed by atoms with Crippen molar-refractivity contribution < 1.29 is 47.3 Å². The molecule has 0 saturated carbocycles. The number of nitrogens with one attached hydrogen (secondary N) is 1. The number of nitrogens with zero attached hydrogens (tertiary/aromatic N) is 3.